The van der Waals surface area contributed by atoms with E-state index in [1.807, 2.05) is 12.1 Å². The number of benzene rings is 1. The van der Waals surface area contributed by atoms with Gasteiger partial charge in [0.15, 0.2) is 0 Å². The van der Waals surface area contributed by atoms with Crippen LogP contribution in [0.5, 0.6) is 0 Å². The smallest absolute Gasteiger partial charge is 0.137 e. The van der Waals surface area contributed by atoms with Crippen LogP contribution in [-0.4, -0.2) is 53.3 Å². The maximum Gasteiger partial charge on any atom is 0.137 e. The predicted molar refractivity (Wildman–Crippen MR) is 99.3 cm³/mol. The van der Waals surface area contributed by atoms with Crippen LogP contribution in [0.4, 0.5) is 5.82 Å². The fraction of sp³-hybridized carbons (Fsp3) is 0.556. The van der Waals surface area contributed by atoms with Crippen molar-refractivity contribution in [1.82, 2.24) is 14.9 Å². The number of halogens is 1. The number of aromatic nitrogens is 2. The molecule has 4 rings (SSSR count). The topological polar surface area (TPSA) is 50.3 Å². The van der Waals surface area contributed by atoms with Gasteiger partial charge in [-0.05, 0) is 43.9 Å². The number of ether oxygens (including phenoxy) is 1. The highest BCUT2D eigenvalue weighted by atomic mass is 79.9. The van der Waals surface area contributed by atoms with Crippen LogP contribution in [0.3, 0.4) is 0 Å². The lowest BCUT2D eigenvalue weighted by atomic mass is 9.90. The molecule has 1 N–H and O–H groups in total. The lowest BCUT2D eigenvalue weighted by molar-refractivity contribution is 0.00791. The van der Waals surface area contributed by atoms with Crippen molar-refractivity contribution in [1.29, 1.82) is 0 Å². The molecule has 1 saturated carbocycles. The molecule has 0 atom stereocenters. The SMILES string of the molecule is Brc1ccc2ncnc(N[C@H]3CC[C@H](N4CCOCC4)CC3)c2c1. The average Bonchev–Trinajstić information content (AvgIpc) is 2.64. The highest BCUT2D eigenvalue weighted by Gasteiger charge is 2.27. The van der Waals surface area contributed by atoms with Crippen molar-refractivity contribution in [3.8, 4) is 0 Å². The van der Waals surface area contributed by atoms with E-state index < -0.39 is 0 Å². The zero-order valence-electron chi connectivity index (χ0n) is 13.7. The van der Waals surface area contributed by atoms with Crippen molar-refractivity contribution in [3.05, 3.63) is 29.0 Å². The van der Waals surface area contributed by atoms with Gasteiger partial charge in [0.1, 0.15) is 12.1 Å². The van der Waals surface area contributed by atoms with Crippen molar-refractivity contribution in [2.75, 3.05) is 31.6 Å². The van der Waals surface area contributed by atoms with E-state index in [9.17, 15) is 0 Å². The molecule has 1 aliphatic carbocycles. The Labute approximate surface area is 150 Å². The molecular weight excluding hydrogens is 368 g/mol. The summed E-state index contributed by atoms with van der Waals surface area (Å²) >= 11 is 3.54. The Balaban J connectivity index is 1.41. The molecule has 24 heavy (non-hydrogen) atoms. The third-order valence-corrected chi connectivity index (χ3v) is 5.69. The van der Waals surface area contributed by atoms with E-state index in [1.165, 1.54) is 25.7 Å². The molecule has 1 aromatic heterocycles. The minimum absolute atomic E-state index is 0.499. The molecule has 0 spiro atoms. The zero-order chi connectivity index (χ0) is 16.4. The number of hydrogen-bond donors (Lipinski definition) is 1. The molecule has 1 aromatic carbocycles. The highest BCUT2D eigenvalue weighted by Crippen LogP contribution is 2.28. The molecule has 6 heteroatoms. The minimum Gasteiger partial charge on any atom is -0.379 e. The third kappa shape index (κ3) is 3.55. The molecule has 2 aromatic rings. The number of morpholine rings is 1. The van der Waals surface area contributed by atoms with Crippen LogP contribution in [0.15, 0.2) is 29.0 Å². The molecule has 0 unspecified atom stereocenters. The second-order valence-electron chi connectivity index (χ2n) is 6.68. The molecule has 5 nitrogen and oxygen atoms in total. The maximum atomic E-state index is 5.47. The fourth-order valence-corrected chi connectivity index (χ4v) is 4.23. The average molecular weight is 391 g/mol. The van der Waals surface area contributed by atoms with E-state index in [0.29, 0.717) is 6.04 Å². The molecular formula is C18H23BrN4O. The van der Waals surface area contributed by atoms with Gasteiger partial charge in [0, 0.05) is 35.0 Å². The van der Waals surface area contributed by atoms with Crippen LogP contribution < -0.4 is 5.32 Å². The van der Waals surface area contributed by atoms with Gasteiger partial charge in [-0.2, -0.15) is 0 Å². The second-order valence-corrected chi connectivity index (χ2v) is 7.60. The highest BCUT2D eigenvalue weighted by molar-refractivity contribution is 9.10. The van der Waals surface area contributed by atoms with Crippen molar-refractivity contribution in [2.45, 2.75) is 37.8 Å². The minimum atomic E-state index is 0.499. The Bertz CT molecular complexity index is 696. The summed E-state index contributed by atoms with van der Waals surface area (Å²) in [5.74, 6) is 0.955. The van der Waals surface area contributed by atoms with E-state index >= 15 is 0 Å². The summed E-state index contributed by atoms with van der Waals surface area (Å²) < 4.78 is 6.53. The lowest BCUT2D eigenvalue weighted by Gasteiger charge is -2.39. The monoisotopic (exact) mass is 390 g/mol. The van der Waals surface area contributed by atoms with Crippen LogP contribution in [-0.2, 0) is 4.74 Å². The van der Waals surface area contributed by atoms with Gasteiger partial charge < -0.3 is 10.1 Å². The molecule has 0 bridgehead atoms. The van der Waals surface area contributed by atoms with Crippen molar-refractivity contribution >= 4 is 32.7 Å². The predicted octanol–water partition coefficient (Wildman–Crippen LogP) is 3.45. The van der Waals surface area contributed by atoms with Gasteiger partial charge >= 0.3 is 0 Å². The molecule has 128 valence electrons. The van der Waals surface area contributed by atoms with Crippen LogP contribution >= 0.6 is 15.9 Å². The molecule has 0 amide bonds. The summed E-state index contributed by atoms with van der Waals surface area (Å²) in [7, 11) is 0. The Morgan fingerprint density at radius 3 is 2.67 bits per heavy atom. The van der Waals surface area contributed by atoms with E-state index in [4.69, 9.17) is 4.74 Å². The summed E-state index contributed by atoms with van der Waals surface area (Å²) in [6.07, 6.45) is 6.55. The Kier molecular flexibility index (Phi) is 4.96. The van der Waals surface area contributed by atoms with Crippen LogP contribution in [0, 0.1) is 0 Å². The molecule has 2 fully saturated rings. The quantitative estimate of drug-likeness (QED) is 0.869. The Morgan fingerprint density at radius 1 is 1.08 bits per heavy atom. The molecule has 1 saturated heterocycles. The second kappa shape index (κ2) is 7.33. The van der Waals surface area contributed by atoms with Crippen molar-refractivity contribution in [2.24, 2.45) is 0 Å². The van der Waals surface area contributed by atoms with E-state index in [-0.39, 0.29) is 0 Å². The normalized spacial score (nSPS) is 25.7. The summed E-state index contributed by atoms with van der Waals surface area (Å²) in [5.41, 5.74) is 0.984. The van der Waals surface area contributed by atoms with Crippen molar-refractivity contribution in [3.63, 3.8) is 0 Å². The Hall–Kier alpha value is -1.24. The fourth-order valence-electron chi connectivity index (χ4n) is 3.87. The van der Waals surface area contributed by atoms with E-state index in [0.717, 1.165) is 53.5 Å². The van der Waals surface area contributed by atoms with Gasteiger partial charge in [0.05, 0.1) is 18.7 Å². The first-order valence-electron chi connectivity index (χ1n) is 8.78. The van der Waals surface area contributed by atoms with Crippen LogP contribution in [0.25, 0.3) is 10.9 Å². The van der Waals surface area contributed by atoms with Crippen LogP contribution in [0.1, 0.15) is 25.7 Å². The number of nitrogens with one attached hydrogen (secondary N) is 1. The molecule has 2 aliphatic rings. The number of fused-ring (bicyclic) bond motifs is 1. The summed E-state index contributed by atoms with van der Waals surface area (Å²) in [6.45, 7) is 3.96. The lowest BCUT2D eigenvalue weighted by Crippen LogP contribution is -2.46. The number of rotatable bonds is 3. The van der Waals surface area contributed by atoms with Gasteiger partial charge in [0.2, 0.25) is 0 Å². The van der Waals surface area contributed by atoms with Crippen LogP contribution in [0.2, 0.25) is 0 Å². The first kappa shape index (κ1) is 16.2. The zero-order valence-corrected chi connectivity index (χ0v) is 15.3. The van der Waals surface area contributed by atoms with Gasteiger partial charge in [0.25, 0.3) is 0 Å². The first-order chi connectivity index (χ1) is 11.8. The number of hydrogen-bond acceptors (Lipinski definition) is 5. The van der Waals surface area contributed by atoms with Crippen molar-refractivity contribution < 1.29 is 4.74 Å². The Morgan fingerprint density at radius 2 is 1.88 bits per heavy atom. The molecule has 0 radical (unpaired) electrons. The number of nitrogens with zero attached hydrogens (tertiary/aromatic N) is 3. The maximum absolute atomic E-state index is 5.47. The molecule has 1 aliphatic heterocycles. The summed E-state index contributed by atoms with van der Waals surface area (Å²) in [5, 5.41) is 4.74. The summed E-state index contributed by atoms with van der Waals surface area (Å²) in [4.78, 5) is 11.4. The van der Waals surface area contributed by atoms with Gasteiger partial charge in [-0.25, -0.2) is 9.97 Å². The summed E-state index contributed by atoms with van der Waals surface area (Å²) in [6, 6.07) is 7.37. The standard InChI is InChI=1S/C18H23BrN4O/c19-13-1-6-17-16(11-13)18(21-12-20-17)22-14-2-4-15(5-3-14)23-7-9-24-10-8-23/h1,6,11-12,14-15H,2-5,7-10H2,(H,20,21,22)/t14-,15-. The van der Waals surface area contributed by atoms with E-state index in [2.05, 4.69) is 42.2 Å². The first-order valence-corrected chi connectivity index (χ1v) is 9.57. The van der Waals surface area contributed by atoms with Gasteiger partial charge in [-0.1, -0.05) is 15.9 Å². The van der Waals surface area contributed by atoms with E-state index in [1.54, 1.807) is 6.33 Å². The third-order valence-electron chi connectivity index (χ3n) is 5.20. The largest absolute Gasteiger partial charge is 0.379 e. The number of anilines is 1. The van der Waals surface area contributed by atoms with Gasteiger partial charge in [-0.3, -0.25) is 4.90 Å². The van der Waals surface area contributed by atoms with Gasteiger partial charge in [-0.15, -0.1) is 0 Å². The molecule has 2 heterocycles.